The minimum atomic E-state index is -2.50. The van der Waals surface area contributed by atoms with E-state index in [1.165, 1.54) is 6.92 Å². The summed E-state index contributed by atoms with van der Waals surface area (Å²) >= 11 is 0. The molecular weight excluding hydrogens is 296 g/mol. The SMILES string of the molecule is CC(NCC(=O)N1CCN(C(=O)OC(C)(C)C)CC1)C(F)F. The number of amides is 2. The highest BCUT2D eigenvalue weighted by molar-refractivity contribution is 5.78. The number of rotatable bonds is 4. The lowest BCUT2D eigenvalue weighted by Gasteiger charge is -2.35. The number of piperazine rings is 1. The van der Waals surface area contributed by atoms with Gasteiger partial charge in [-0.3, -0.25) is 4.79 Å². The second-order valence-corrected chi connectivity index (χ2v) is 6.35. The van der Waals surface area contributed by atoms with Crippen molar-refractivity contribution in [3.8, 4) is 0 Å². The summed E-state index contributed by atoms with van der Waals surface area (Å²) in [5.41, 5.74) is -0.556. The van der Waals surface area contributed by atoms with Crippen LogP contribution in [0.1, 0.15) is 27.7 Å². The third kappa shape index (κ3) is 6.13. The Hall–Kier alpha value is -1.44. The summed E-state index contributed by atoms with van der Waals surface area (Å²) < 4.78 is 30.0. The first kappa shape index (κ1) is 18.6. The van der Waals surface area contributed by atoms with Crippen molar-refractivity contribution in [1.29, 1.82) is 0 Å². The fraction of sp³-hybridized carbons (Fsp3) is 0.857. The van der Waals surface area contributed by atoms with Crippen LogP contribution in [0.2, 0.25) is 0 Å². The van der Waals surface area contributed by atoms with Gasteiger partial charge >= 0.3 is 6.09 Å². The molecule has 0 aromatic carbocycles. The van der Waals surface area contributed by atoms with Gasteiger partial charge in [0, 0.05) is 26.2 Å². The monoisotopic (exact) mass is 321 g/mol. The number of nitrogens with one attached hydrogen (secondary N) is 1. The molecule has 1 N–H and O–H groups in total. The van der Waals surface area contributed by atoms with Crippen LogP contribution >= 0.6 is 0 Å². The predicted molar refractivity (Wildman–Crippen MR) is 77.9 cm³/mol. The van der Waals surface area contributed by atoms with Gasteiger partial charge < -0.3 is 19.9 Å². The van der Waals surface area contributed by atoms with E-state index >= 15 is 0 Å². The van der Waals surface area contributed by atoms with Crippen LogP contribution in [0.25, 0.3) is 0 Å². The molecule has 1 rings (SSSR count). The van der Waals surface area contributed by atoms with Gasteiger partial charge in [0.2, 0.25) is 5.91 Å². The molecule has 8 heteroatoms. The molecular formula is C14H25F2N3O3. The highest BCUT2D eigenvalue weighted by Crippen LogP contribution is 2.12. The zero-order valence-electron chi connectivity index (χ0n) is 13.6. The van der Waals surface area contributed by atoms with Gasteiger partial charge in [-0.05, 0) is 27.7 Å². The molecule has 1 heterocycles. The Bertz CT molecular complexity index is 391. The molecule has 1 fully saturated rings. The largest absolute Gasteiger partial charge is 0.444 e. The van der Waals surface area contributed by atoms with E-state index in [0.717, 1.165) is 0 Å². The number of carbonyl (C=O) groups is 2. The summed E-state index contributed by atoms with van der Waals surface area (Å²) in [6.07, 6.45) is -2.90. The number of hydrogen-bond donors (Lipinski definition) is 1. The van der Waals surface area contributed by atoms with E-state index in [0.29, 0.717) is 26.2 Å². The van der Waals surface area contributed by atoms with E-state index in [4.69, 9.17) is 4.74 Å². The van der Waals surface area contributed by atoms with Crippen molar-refractivity contribution in [1.82, 2.24) is 15.1 Å². The van der Waals surface area contributed by atoms with Crippen LogP contribution in [0, 0.1) is 0 Å². The Morgan fingerprint density at radius 3 is 2.09 bits per heavy atom. The molecule has 0 aromatic heterocycles. The summed E-state index contributed by atoms with van der Waals surface area (Å²) in [4.78, 5) is 26.9. The Labute approximate surface area is 129 Å². The van der Waals surface area contributed by atoms with Gasteiger partial charge in [0.05, 0.1) is 12.6 Å². The second-order valence-electron chi connectivity index (χ2n) is 6.35. The molecule has 0 bridgehead atoms. The molecule has 128 valence electrons. The lowest BCUT2D eigenvalue weighted by atomic mass is 10.2. The van der Waals surface area contributed by atoms with Gasteiger partial charge in [-0.15, -0.1) is 0 Å². The fourth-order valence-corrected chi connectivity index (χ4v) is 1.91. The van der Waals surface area contributed by atoms with Crippen LogP contribution < -0.4 is 5.32 Å². The summed E-state index contributed by atoms with van der Waals surface area (Å²) in [6, 6.07) is -1.02. The summed E-state index contributed by atoms with van der Waals surface area (Å²) in [6.45, 7) is 8.10. The molecule has 0 spiro atoms. The van der Waals surface area contributed by atoms with Crippen LogP contribution in [0.3, 0.4) is 0 Å². The molecule has 2 amide bonds. The van der Waals surface area contributed by atoms with Crippen molar-refractivity contribution >= 4 is 12.0 Å². The summed E-state index contributed by atoms with van der Waals surface area (Å²) in [5, 5.41) is 2.50. The number of carbonyl (C=O) groups excluding carboxylic acids is 2. The zero-order chi connectivity index (χ0) is 16.9. The van der Waals surface area contributed by atoms with Crippen LogP contribution in [0.5, 0.6) is 0 Å². The van der Waals surface area contributed by atoms with Crippen LogP contribution in [-0.4, -0.2) is 72.6 Å². The van der Waals surface area contributed by atoms with Gasteiger partial charge in [-0.2, -0.15) is 0 Å². The lowest BCUT2D eigenvalue weighted by molar-refractivity contribution is -0.132. The first-order valence-electron chi connectivity index (χ1n) is 7.37. The van der Waals surface area contributed by atoms with Gasteiger partial charge in [0.25, 0.3) is 6.43 Å². The van der Waals surface area contributed by atoms with E-state index in [1.54, 1.807) is 30.6 Å². The number of hydrogen-bond acceptors (Lipinski definition) is 4. The quantitative estimate of drug-likeness (QED) is 0.848. The maximum atomic E-state index is 12.4. The van der Waals surface area contributed by atoms with E-state index in [-0.39, 0.29) is 12.5 Å². The van der Waals surface area contributed by atoms with Gasteiger partial charge in [-0.1, -0.05) is 0 Å². The molecule has 22 heavy (non-hydrogen) atoms. The number of ether oxygens (including phenoxy) is 1. The van der Waals surface area contributed by atoms with Gasteiger partial charge in [0.1, 0.15) is 5.60 Å². The van der Waals surface area contributed by atoms with Crippen molar-refractivity contribution in [3.05, 3.63) is 0 Å². The number of nitrogens with zero attached hydrogens (tertiary/aromatic N) is 2. The standard InChI is InChI=1S/C14H25F2N3O3/c1-10(12(15)16)17-9-11(20)18-5-7-19(8-6-18)13(21)22-14(2,3)4/h10,12,17H,5-9H2,1-4H3. The van der Waals surface area contributed by atoms with E-state index < -0.39 is 24.2 Å². The molecule has 0 saturated carbocycles. The molecule has 6 nitrogen and oxygen atoms in total. The molecule has 1 atom stereocenters. The van der Waals surface area contributed by atoms with Crippen molar-refractivity contribution < 1.29 is 23.1 Å². The number of halogens is 2. The van der Waals surface area contributed by atoms with E-state index in [1.807, 2.05) is 0 Å². The third-order valence-corrected chi connectivity index (χ3v) is 3.24. The predicted octanol–water partition coefficient (Wildman–Crippen LogP) is 1.31. The normalized spacial score (nSPS) is 17.6. The molecule has 1 unspecified atom stereocenters. The highest BCUT2D eigenvalue weighted by atomic mass is 19.3. The smallest absolute Gasteiger partial charge is 0.410 e. The average Bonchev–Trinajstić information content (AvgIpc) is 2.42. The van der Waals surface area contributed by atoms with Gasteiger partial charge in [0.15, 0.2) is 0 Å². The zero-order valence-corrected chi connectivity index (χ0v) is 13.6. The Morgan fingerprint density at radius 1 is 1.14 bits per heavy atom. The van der Waals surface area contributed by atoms with Crippen molar-refractivity contribution in [2.24, 2.45) is 0 Å². The topological polar surface area (TPSA) is 61.9 Å². The first-order chi connectivity index (χ1) is 10.1. The molecule has 0 aliphatic carbocycles. The second kappa shape index (κ2) is 7.71. The molecule has 1 aliphatic rings. The van der Waals surface area contributed by atoms with Crippen LogP contribution in [-0.2, 0) is 9.53 Å². The van der Waals surface area contributed by atoms with Crippen LogP contribution in [0.15, 0.2) is 0 Å². The Kier molecular flexibility index (Phi) is 6.52. The Balaban J connectivity index is 2.35. The van der Waals surface area contributed by atoms with Crippen LogP contribution in [0.4, 0.5) is 13.6 Å². The molecule has 1 aliphatic heterocycles. The molecule has 0 radical (unpaired) electrons. The fourth-order valence-electron chi connectivity index (χ4n) is 1.91. The summed E-state index contributed by atoms with van der Waals surface area (Å²) in [5.74, 6) is -0.240. The highest BCUT2D eigenvalue weighted by Gasteiger charge is 2.27. The maximum absolute atomic E-state index is 12.4. The van der Waals surface area contributed by atoms with Crippen molar-refractivity contribution in [3.63, 3.8) is 0 Å². The summed E-state index contributed by atoms with van der Waals surface area (Å²) in [7, 11) is 0. The lowest BCUT2D eigenvalue weighted by Crippen LogP contribution is -2.53. The Morgan fingerprint density at radius 2 is 1.64 bits per heavy atom. The van der Waals surface area contributed by atoms with E-state index in [9.17, 15) is 18.4 Å². The molecule has 1 saturated heterocycles. The average molecular weight is 321 g/mol. The van der Waals surface area contributed by atoms with Gasteiger partial charge in [-0.25, -0.2) is 13.6 Å². The first-order valence-corrected chi connectivity index (χ1v) is 7.37. The molecule has 0 aromatic rings. The third-order valence-electron chi connectivity index (χ3n) is 3.24. The minimum absolute atomic E-state index is 0.127. The van der Waals surface area contributed by atoms with Crippen molar-refractivity contribution in [2.45, 2.75) is 45.8 Å². The van der Waals surface area contributed by atoms with Crippen molar-refractivity contribution in [2.75, 3.05) is 32.7 Å². The number of alkyl halides is 2. The minimum Gasteiger partial charge on any atom is -0.444 e. The maximum Gasteiger partial charge on any atom is 0.410 e. The van der Waals surface area contributed by atoms with E-state index in [2.05, 4.69) is 5.32 Å².